The van der Waals surface area contributed by atoms with Crippen molar-refractivity contribution in [3.63, 3.8) is 0 Å². The predicted molar refractivity (Wildman–Crippen MR) is 84.7 cm³/mol. The Hall–Kier alpha value is -1.17. The van der Waals surface area contributed by atoms with Gasteiger partial charge in [0.1, 0.15) is 5.01 Å². The van der Waals surface area contributed by atoms with Crippen LogP contribution in [0.15, 0.2) is 0 Å². The molecule has 2 heterocycles. The number of amides is 1. The Morgan fingerprint density at radius 2 is 1.81 bits per heavy atom. The van der Waals surface area contributed by atoms with Gasteiger partial charge in [0.05, 0.1) is 0 Å². The summed E-state index contributed by atoms with van der Waals surface area (Å²) >= 11 is 1.68. The number of piperazine rings is 1. The molecular formula is C15H24N4OS. The molecule has 3 rings (SSSR count). The van der Waals surface area contributed by atoms with Gasteiger partial charge in [-0.2, -0.15) is 0 Å². The first-order valence-corrected chi connectivity index (χ1v) is 8.55. The van der Waals surface area contributed by atoms with Crippen LogP contribution >= 0.6 is 11.3 Å². The molecule has 0 radical (unpaired) electrons. The standard InChI is InChI=1S/C15H24N4OS/c1-10-9-11(10)12(20)18-5-7-19(8-6-18)14-17-16-13(21-14)15(2,3)4/h10-11H,5-9H2,1-4H3/t10-,11+/m1/s1. The minimum absolute atomic E-state index is 0.0514. The first-order chi connectivity index (χ1) is 9.86. The summed E-state index contributed by atoms with van der Waals surface area (Å²) in [7, 11) is 0. The van der Waals surface area contributed by atoms with E-state index in [1.807, 2.05) is 4.90 Å². The zero-order chi connectivity index (χ0) is 15.2. The van der Waals surface area contributed by atoms with Gasteiger partial charge in [-0.05, 0) is 12.3 Å². The van der Waals surface area contributed by atoms with Gasteiger partial charge in [0, 0.05) is 37.5 Å². The van der Waals surface area contributed by atoms with Gasteiger partial charge in [0.15, 0.2) is 0 Å². The summed E-state index contributed by atoms with van der Waals surface area (Å²) in [5, 5.41) is 10.7. The Labute approximate surface area is 130 Å². The molecule has 0 N–H and O–H groups in total. The number of anilines is 1. The molecule has 0 bridgehead atoms. The molecule has 1 saturated carbocycles. The third-order valence-corrected chi connectivity index (χ3v) is 5.75. The molecule has 1 aliphatic carbocycles. The summed E-state index contributed by atoms with van der Waals surface area (Å²) in [6.07, 6.45) is 1.07. The summed E-state index contributed by atoms with van der Waals surface area (Å²) in [6.45, 7) is 12.0. The lowest BCUT2D eigenvalue weighted by Gasteiger charge is -2.34. The predicted octanol–water partition coefficient (Wildman–Crippen LogP) is 2.14. The molecule has 1 saturated heterocycles. The van der Waals surface area contributed by atoms with Crippen molar-refractivity contribution >= 4 is 22.4 Å². The minimum Gasteiger partial charge on any atom is -0.343 e. The molecule has 2 atom stereocenters. The fraction of sp³-hybridized carbons (Fsp3) is 0.800. The van der Waals surface area contributed by atoms with Crippen LogP contribution in [0.4, 0.5) is 5.13 Å². The zero-order valence-electron chi connectivity index (χ0n) is 13.3. The Bertz CT molecular complexity index is 528. The molecule has 1 aromatic heterocycles. The normalized spacial score (nSPS) is 26.1. The van der Waals surface area contributed by atoms with Gasteiger partial charge in [-0.15, -0.1) is 10.2 Å². The number of nitrogens with zero attached hydrogens (tertiary/aromatic N) is 4. The highest BCUT2D eigenvalue weighted by molar-refractivity contribution is 7.15. The van der Waals surface area contributed by atoms with Gasteiger partial charge in [-0.1, -0.05) is 39.0 Å². The summed E-state index contributed by atoms with van der Waals surface area (Å²) in [6, 6.07) is 0. The molecular weight excluding hydrogens is 284 g/mol. The number of carbonyl (C=O) groups excluding carboxylic acids is 1. The average Bonchev–Trinajstić information content (AvgIpc) is 2.97. The van der Waals surface area contributed by atoms with Gasteiger partial charge in [0.2, 0.25) is 11.0 Å². The molecule has 5 nitrogen and oxygen atoms in total. The smallest absolute Gasteiger partial charge is 0.226 e. The third-order valence-electron chi connectivity index (χ3n) is 4.34. The molecule has 1 aliphatic heterocycles. The quantitative estimate of drug-likeness (QED) is 0.840. The lowest BCUT2D eigenvalue weighted by Crippen LogP contribution is -2.49. The maximum atomic E-state index is 12.2. The van der Waals surface area contributed by atoms with Crippen molar-refractivity contribution in [2.45, 2.75) is 39.5 Å². The number of hydrogen-bond acceptors (Lipinski definition) is 5. The number of hydrogen-bond donors (Lipinski definition) is 0. The number of rotatable bonds is 2. The van der Waals surface area contributed by atoms with Crippen molar-refractivity contribution in [3.05, 3.63) is 5.01 Å². The van der Waals surface area contributed by atoms with E-state index in [0.29, 0.717) is 17.7 Å². The fourth-order valence-corrected chi connectivity index (χ4v) is 3.62. The minimum atomic E-state index is 0.0514. The molecule has 116 valence electrons. The molecule has 1 amide bonds. The van der Waals surface area contributed by atoms with Crippen LogP contribution in [0.3, 0.4) is 0 Å². The molecule has 2 aliphatic rings. The summed E-state index contributed by atoms with van der Waals surface area (Å²) in [5.41, 5.74) is 0.0514. The van der Waals surface area contributed by atoms with Crippen molar-refractivity contribution in [2.75, 3.05) is 31.1 Å². The first-order valence-electron chi connectivity index (χ1n) is 7.74. The van der Waals surface area contributed by atoms with Crippen LogP contribution in [0, 0.1) is 11.8 Å². The lowest BCUT2D eigenvalue weighted by molar-refractivity contribution is -0.133. The Balaban J connectivity index is 1.58. The topological polar surface area (TPSA) is 49.3 Å². The van der Waals surface area contributed by atoms with Crippen molar-refractivity contribution in [1.82, 2.24) is 15.1 Å². The summed E-state index contributed by atoms with van der Waals surface area (Å²) < 4.78 is 0. The van der Waals surface area contributed by atoms with E-state index >= 15 is 0 Å². The van der Waals surface area contributed by atoms with Crippen LogP contribution < -0.4 is 4.90 Å². The molecule has 6 heteroatoms. The molecule has 2 fully saturated rings. The average molecular weight is 308 g/mol. The van der Waals surface area contributed by atoms with E-state index < -0.39 is 0 Å². The van der Waals surface area contributed by atoms with E-state index in [0.717, 1.165) is 42.7 Å². The molecule has 1 aromatic rings. The second-order valence-electron chi connectivity index (χ2n) is 7.27. The van der Waals surface area contributed by atoms with E-state index in [4.69, 9.17) is 0 Å². The number of aromatic nitrogens is 2. The van der Waals surface area contributed by atoms with Crippen molar-refractivity contribution in [1.29, 1.82) is 0 Å². The zero-order valence-corrected chi connectivity index (χ0v) is 14.1. The van der Waals surface area contributed by atoms with Gasteiger partial charge in [-0.25, -0.2) is 0 Å². The first kappa shape index (κ1) is 14.8. The van der Waals surface area contributed by atoms with Crippen molar-refractivity contribution in [3.8, 4) is 0 Å². The van der Waals surface area contributed by atoms with Gasteiger partial charge in [0.25, 0.3) is 0 Å². The second kappa shape index (κ2) is 5.23. The second-order valence-corrected chi connectivity index (χ2v) is 8.23. The molecule has 0 spiro atoms. The van der Waals surface area contributed by atoms with Crippen LogP contribution in [-0.4, -0.2) is 47.2 Å². The van der Waals surface area contributed by atoms with Crippen LogP contribution in [0.2, 0.25) is 0 Å². The largest absolute Gasteiger partial charge is 0.343 e. The van der Waals surface area contributed by atoms with E-state index in [2.05, 4.69) is 42.8 Å². The molecule has 21 heavy (non-hydrogen) atoms. The van der Waals surface area contributed by atoms with Crippen molar-refractivity contribution < 1.29 is 4.79 Å². The van der Waals surface area contributed by atoms with Gasteiger partial charge in [-0.3, -0.25) is 4.79 Å². The van der Waals surface area contributed by atoms with Crippen LogP contribution in [0.5, 0.6) is 0 Å². The maximum absolute atomic E-state index is 12.2. The highest BCUT2D eigenvalue weighted by atomic mass is 32.1. The van der Waals surface area contributed by atoms with Gasteiger partial charge < -0.3 is 9.80 Å². The number of carbonyl (C=O) groups is 1. The fourth-order valence-electron chi connectivity index (χ4n) is 2.67. The van der Waals surface area contributed by atoms with E-state index in [1.165, 1.54) is 0 Å². The van der Waals surface area contributed by atoms with E-state index in [1.54, 1.807) is 11.3 Å². The van der Waals surface area contributed by atoms with Crippen molar-refractivity contribution in [2.24, 2.45) is 11.8 Å². The Morgan fingerprint density at radius 1 is 1.19 bits per heavy atom. The molecule has 0 aromatic carbocycles. The summed E-state index contributed by atoms with van der Waals surface area (Å²) in [4.78, 5) is 16.5. The Morgan fingerprint density at radius 3 is 2.29 bits per heavy atom. The van der Waals surface area contributed by atoms with E-state index in [9.17, 15) is 4.79 Å². The van der Waals surface area contributed by atoms with Crippen LogP contribution in [0.1, 0.15) is 39.1 Å². The maximum Gasteiger partial charge on any atom is 0.226 e. The Kier molecular flexibility index (Phi) is 3.67. The van der Waals surface area contributed by atoms with E-state index in [-0.39, 0.29) is 5.41 Å². The molecule has 0 unspecified atom stereocenters. The third kappa shape index (κ3) is 3.05. The summed E-state index contributed by atoms with van der Waals surface area (Å²) in [5.74, 6) is 1.24. The highest BCUT2D eigenvalue weighted by Crippen LogP contribution is 2.39. The monoisotopic (exact) mass is 308 g/mol. The van der Waals surface area contributed by atoms with Gasteiger partial charge >= 0.3 is 0 Å². The lowest BCUT2D eigenvalue weighted by atomic mass is 9.98. The van der Waals surface area contributed by atoms with Crippen LogP contribution in [-0.2, 0) is 10.2 Å². The highest BCUT2D eigenvalue weighted by Gasteiger charge is 2.42. The SMILES string of the molecule is C[C@@H]1C[C@@H]1C(=O)N1CCN(c2nnc(C(C)(C)C)s2)CC1. The van der Waals surface area contributed by atoms with Crippen LogP contribution in [0.25, 0.3) is 0 Å².